The third-order valence-corrected chi connectivity index (χ3v) is 10.4. The molecule has 0 bridgehead atoms. The van der Waals surface area contributed by atoms with E-state index in [2.05, 4.69) is 26.8 Å². The first-order valence-corrected chi connectivity index (χ1v) is 12.9. The quantitative estimate of drug-likeness (QED) is 0.345. The van der Waals surface area contributed by atoms with Crippen LogP contribution in [0.3, 0.4) is 0 Å². The summed E-state index contributed by atoms with van der Waals surface area (Å²) < 4.78 is 17.5. The van der Waals surface area contributed by atoms with Crippen LogP contribution >= 0.6 is 0 Å². The highest BCUT2D eigenvalue weighted by atomic mass is 16.7. The van der Waals surface area contributed by atoms with Crippen LogP contribution in [0, 0.1) is 40.4 Å². The van der Waals surface area contributed by atoms with Crippen molar-refractivity contribution in [1.82, 2.24) is 0 Å². The first kappa shape index (κ1) is 22.6. The molecular formula is C27H40O5. The van der Waals surface area contributed by atoms with Gasteiger partial charge in [0.05, 0.1) is 19.8 Å². The number of rotatable bonds is 3. The van der Waals surface area contributed by atoms with E-state index in [9.17, 15) is 9.59 Å². The molecule has 4 fully saturated rings. The SMILES string of the molecule is CCOC(=O)C1CC[C@@]2(C)C(=CC[C@H]3[C@@H]4CC[C@H](C5(C)OCCO5)[C@@]4(C)CC[C@@H]32)CC1=O. The fraction of sp³-hybridized carbons (Fsp3) is 0.852. The molecule has 5 aliphatic rings. The van der Waals surface area contributed by atoms with Gasteiger partial charge in [-0.3, -0.25) is 9.59 Å². The van der Waals surface area contributed by atoms with Gasteiger partial charge in [0.25, 0.3) is 0 Å². The standard InChI is InChI=1S/C27H40O5/c1-5-30-24(29)19-10-12-25(2)17(16-22(19)28)6-7-18-20-8-9-23(27(4)31-14-15-32-27)26(20,3)13-11-21(18)25/h6,18-21,23H,5,7-16H2,1-4H3/t18-,19?,20-,21-,23-,25-,26-/m0/s1. The van der Waals surface area contributed by atoms with Gasteiger partial charge in [-0.05, 0) is 87.4 Å². The second-order valence-corrected chi connectivity index (χ2v) is 11.6. The molecule has 4 aliphatic carbocycles. The first-order chi connectivity index (χ1) is 15.2. The van der Waals surface area contributed by atoms with E-state index in [0.29, 0.717) is 56.3 Å². The van der Waals surface area contributed by atoms with E-state index in [4.69, 9.17) is 14.2 Å². The van der Waals surface area contributed by atoms with Gasteiger partial charge in [-0.1, -0.05) is 25.5 Å². The zero-order valence-electron chi connectivity index (χ0n) is 20.3. The maximum absolute atomic E-state index is 13.0. The fourth-order valence-corrected chi connectivity index (χ4v) is 8.78. The van der Waals surface area contributed by atoms with Crippen molar-refractivity contribution in [3.63, 3.8) is 0 Å². The van der Waals surface area contributed by atoms with Crippen molar-refractivity contribution in [2.45, 2.75) is 84.8 Å². The Kier molecular flexibility index (Phi) is 5.60. The maximum Gasteiger partial charge on any atom is 0.316 e. The summed E-state index contributed by atoms with van der Waals surface area (Å²) in [4.78, 5) is 25.4. The molecule has 5 heteroatoms. The Morgan fingerprint density at radius 1 is 1.06 bits per heavy atom. The van der Waals surface area contributed by atoms with E-state index < -0.39 is 11.7 Å². The van der Waals surface area contributed by atoms with Gasteiger partial charge >= 0.3 is 5.97 Å². The van der Waals surface area contributed by atoms with Crippen molar-refractivity contribution in [2.24, 2.45) is 40.4 Å². The molecule has 32 heavy (non-hydrogen) atoms. The molecule has 1 aliphatic heterocycles. The summed E-state index contributed by atoms with van der Waals surface area (Å²) in [6.45, 7) is 10.6. The van der Waals surface area contributed by atoms with Crippen LogP contribution in [-0.2, 0) is 23.8 Å². The molecule has 0 N–H and O–H groups in total. The highest BCUT2D eigenvalue weighted by Gasteiger charge is 2.62. The second kappa shape index (κ2) is 7.94. The number of esters is 1. The monoisotopic (exact) mass is 444 g/mol. The lowest BCUT2D eigenvalue weighted by Gasteiger charge is -2.57. The Hall–Kier alpha value is -1.20. The Morgan fingerprint density at radius 2 is 1.81 bits per heavy atom. The van der Waals surface area contributed by atoms with Crippen molar-refractivity contribution < 1.29 is 23.8 Å². The van der Waals surface area contributed by atoms with Crippen molar-refractivity contribution in [3.8, 4) is 0 Å². The number of carbonyl (C=O) groups excluding carboxylic acids is 2. The third kappa shape index (κ3) is 3.25. The lowest BCUT2D eigenvalue weighted by Crippen LogP contribution is -2.52. The van der Waals surface area contributed by atoms with Crippen LogP contribution in [-0.4, -0.2) is 37.4 Å². The number of hydrogen-bond acceptors (Lipinski definition) is 5. The highest BCUT2D eigenvalue weighted by molar-refractivity contribution is 6.00. The number of ketones is 1. The van der Waals surface area contributed by atoms with Gasteiger partial charge in [0.1, 0.15) is 5.92 Å². The van der Waals surface area contributed by atoms with Gasteiger partial charge in [0, 0.05) is 12.3 Å². The molecule has 7 atom stereocenters. The minimum atomic E-state index is -0.585. The van der Waals surface area contributed by atoms with E-state index in [1.807, 2.05) is 6.92 Å². The predicted octanol–water partition coefficient (Wildman–Crippen LogP) is 5.08. The number of carbonyl (C=O) groups is 2. The maximum atomic E-state index is 13.0. The van der Waals surface area contributed by atoms with E-state index in [-0.39, 0.29) is 22.6 Å². The molecule has 0 amide bonds. The molecule has 0 spiro atoms. The molecule has 0 aromatic rings. The van der Waals surface area contributed by atoms with E-state index in [0.717, 1.165) is 12.8 Å². The summed E-state index contributed by atoms with van der Waals surface area (Å²) >= 11 is 0. The second-order valence-electron chi connectivity index (χ2n) is 11.6. The lowest BCUT2D eigenvalue weighted by atomic mass is 9.48. The average Bonchev–Trinajstić information content (AvgIpc) is 3.30. The van der Waals surface area contributed by atoms with Crippen molar-refractivity contribution in [1.29, 1.82) is 0 Å². The fourth-order valence-electron chi connectivity index (χ4n) is 8.78. The topological polar surface area (TPSA) is 61.8 Å². The van der Waals surface area contributed by atoms with Gasteiger partial charge in [-0.25, -0.2) is 0 Å². The first-order valence-electron chi connectivity index (χ1n) is 12.9. The molecule has 0 radical (unpaired) electrons. The van der Waals surface area contributed by atoms with Crippen molar-refractivity contribution in [3.05, 3.63) is 11.6 Å². The number of ether oxygens (including phenoxy) is 3. The lowest BCUT2D eigenvalue weighted by molar-refractivity contribution is -0.214. The zero-order valence-corrected chi connectivity index (χ0v) is 20.3. The van der Waals surface area contributed by atoms with E-state index in [1.165, 1.54) is 31.3 Å². The van der Waals surface area contributed by atoms with Crippen LogP contribution in [0.4, 0.5) is 0 Å². The van der Waals surface area contributed by atoms with Crippen LogP contribution in [0.2, 0.25) is 0 Å². The molecule has 1 heterocycles. The van der Waals surface area contributed by atoms with E-state index >= 15 is 0 Å². The van der Waals surface area contributed by atoms with Crippen LogP contribution in [0.5, 0.6) is 0 Å². The highest BCUT2D eigenvalue weighted by Crippen LogP contribution is 2.67. The smallest absolute Gasteiger partial charge is 0.316 e. The number of Topliss-reactive ketones (excluding diaryl/α,β-unsaturated/α-hetero) is 1. The van der Waals surface area contributed by atoms with Crippen LogP contribution in [0.1, 0.15) is 79.1 Å². The van der Waals surface area contributed by atoms with Gasteiger partial charge in [-0.15, -0.1) is 0 Å². The summed E-state index contributed by atoms with van der Waals surface area (Å²) in [5.41, 5.74) is 1.56. The number of hydrogen-bond donors (Lipinski definition) is 0. The molecule has 0 aromatic carbocycles. The molecular weight excluding hydrogens is 404 g/mol. The number of allylic oxidation sites excluding steroid dienone is 2. The summed E-state index contributed by atoms with van der Waals surface area (Å²) in [6.07, 6.45) is 10.2. The Balaban J connectivity index is 1.40. The Morgan fingerprint density at radius 3 is 2.53 bits per heavy atom. The third-order valence-electron chi connectivity index (χ3n) is 10.4. The predicted molar refractivity (Wildman–Crippen MR) is 121 cm³/mol. The van der Waals surface area contributed by atoms with Gasteiger partial charge in [0.15, 0.2) is 11.6 Å². The van der Waals surface area contributed by atoms with E-state index in [1.54, 1.807) is 0 Å². The van der Waals surface area contributed by atoms with Crippen molar-refractivity contribution >= 4 is 11.8 Å². The van der Waals surface area contributed by atoms with Crippen LogP contribution in [0.25, 0.3) is 0 Å². The molecule has 1 unspecified atom stereocenters. The summed E-state index contributed by atoms with van der Waals surface area (Å²) in [5.74, 6) is 1.07. The minimum Gasteiger partial charge on any atom is -0.465 e. The number of fused-ring (bicyclic) bond motifs is 5. The zero-order chi connectivity index (χ0) is 22.7. The summed E-state index contributed by atoms with van der Waals surface area (Å²) in [5, 5.41) is 0. The van der Waals surface area contributed by atoms with Gasteiger partial charge in [0.2, 0.25) is 0 Å². The largest absolute Gasteiger partial charge is 0.465 e. The van der Waals surface area contributed by atoms with Crippen molar-refractivity contribution in [2.75, 3.05) is 19.8 Å². The molecule has 1 saturated heterocycles. The van der Waals surface area contributed by atoms with Gasteiger partial charge < -0.3 is 14.2 Å². The average molecular weight is 445 g/mol. The Bertz CT molecular complexity index is 811. The molecule has 0 aromatic heterocycles. The van der Waals surface area contributed by atoms with Crippen LogP contribution in [0.15, 0.2) is 11.6 Å². The van der Waals surface area contributed by atoms with Gasteiger partial charge in [-0.2, -0.15) is 0 Å². The summed E-state index contributed by atoms with van der Waals surface area (Å²) in [6, 6.07) is 0. The molecule has 5 rings (SSSR count). The van der Waals surface area contributed by atoms with Crippen LogP contribution < -0.4 is 0 Å². The summed E-state index contributed by atoms with van der Waals surface area (Å²) in [7, 11) is 0. The normalized spacial score (nSPS) is 45.3. The Labute approximate surface area is 192 Å². The molecule has 5 nitrogen and oxygen atoms in total. The minimum absolute atomic E-state index is 0.0174. The molecule has 178 valence electrons. The molecule has 3 saturated carbocycles.